The van der Waals surface area contributed by atoms with E-state index in [9.17, 15) is 9.18 Å². The molecule has 4 nitrogen and oxygen atoms in total. The van der Waals surface area contributed by atoms with E-state index in [1.54, 1.807) is 53.8 Å². The number of aryl methyl sites for hydroxylation is 1. The number of rotatable bonds is 6. The highest BCUT2D eigenvalue weighted by Gasteiger charge is 2.08. The van der Waals surface area contributed by atoms with Gasteiger partial charge in [-0.3, -0.25) is 4.79 Å². The molecule has 3 aromatic rings. The normalized spacial score (nSPS) is 10.5. The second-order valence-electron chi connectivity index (χ2n) is 5.47. The summed E-state index contributed by atoms with van der Waals surface area (Å²) in [6, 6.07) is 13.2. The van der Waals surface area contributed by atoms with Crippen LogP contribution in [0.3, 0.4) is 0 Å². The fourth-order valence-electron chi connectivity index (χ4n) is 2.24. The predicted molar refractivity (Wildman–Crippen MR) is 95.2 cm³/mol. The number of thiazole rings is 1. The van der Waals surface area contributed by atoms with Gasteiger partial charge in [0.25, 0.3) is 5.91 Å². The number of amides is 1. The number of halogens is 1. The molecule has 0 fully saturated rings. The zero-order valence-corrected chi connectivity index (χ0v) is 14.5. The highest BCUT2D eigenvalue weighted by atomic mass is 32.1. The summed E-state index contributed by atoms with van der Waals surface area (Å²) in [6.07, 6.45) is 0. The Morgan fingerprint density at radius 1 is 1.20 bits per heavy atom. The first-order valence-corrected chi connectivity index (χ1v) is 8.65. The van der Waals surface area contributed by atoms with E-state index in [1.807, 2.05) is 12.3 Å². The van der Waals surface area contributed by atoms with Gasteiger partial charge in [-0.05, 0) is 37.3 Å². The molecule has 3 rings (SSSR count). The third kappa shape index (κ3) is 4.64. The van der Waals surface area contributed by atoms with Crippen LogP contribution in [0.4, 0.5) is 4.39 Å². The molecule has 1 N–H and O–H groups in total. The van der Waals surface area contributed by atoms with E-state index < -0.39 is 0 Å². The van der Waals surface area contributed by atoms with Crippen LogP contribution < -0.4 is 10.1 Å². The first-order valence-electron chi connectivity index (χ1n) is 7.77. The fraction of sp³-hybridized carbons (Fsp3) is 0.158. The van der Waals surface area contributed by atoms with Crippen molar-refractivity contribution in [2.45, 2.75) is 20.1 Å². The molecule has 0 bridgehead atoms. The van der Waals surface area contributed by atoms with Crippen molar-refractivity contribution < 1.29 is 13.9 Å². The molecule has 0 spiro atoms. The van der Waals surface area contributed by atoms with Crippen molar-refractivity contribution in [3.05, 3.63) is 81.6 Å². The Morgan fingerprint density at radius 2 is 1.96 bits per heavy atom. The van der Waals surface area contributed by atoms with Gasteiger partial charge in [-0.25, -0.2) is 9.37 Å². The molecule has 6 heteroatoms. The Labute approximate surface area is 149 Å². The lowest BCUT2D eigenvalue weighted by molar-refractivity contribution is 0.0950. The molecule has 0 radical (unpaired) electrons. The van der Waals surface area contributed by atoms with E-state index in [1.165, 1.54) is 6.07 Å². The summed E-state index contributed by atoms with van der Waals surface area (Å²) in [5, 5.41) is 5.59. The molecule has 2 aromatic carbocycles. The van der Waals surface area contributed by atoms with Crippen LogP contribution in [-0.2, 0) is 13.2 Å². The number of hydrogen-bond donors (Lipinski definition) is 1. The molecule has 1 amide bonds. The van der Waals surface area contributed by atoms with Crippen molar-refractivity contribution in [1.29, 1.82) is 0 Å². The van der Waals surface area contributed by atoms with Crippen LogP contribution in [0, 0.1) is 12.7 Å². The molecule has 0 aliphatic rings. The molecular weight excluding hydrogens is 339 g/mol. The van der Waals surface area contributed by atoms with Crippen LogP contribution in [0.2, 0.25) is 0 Å². The van der Waals surface area contributed by atoms with Gasteiger partial charge in [-0.1, -0.05) is 18.2 Å². The number of ether oxygens (including phenoxy) is 1. The number of nitrogens with zero attached hydrogens (tertiary/aromatic N) is 1. The Kier molecular flexibility index (Phi) is 5.40. The van der Waals surface area contributed by atoms with Gasteiger partial charge < -0.3 is 10.1 Å². The first kappa shape index (κ1) is 17.1. The van der Waals surface area contributed by atoms with Crippen molar-refractivity contribution in [2.24, 2.45) is 0 Å². The zero-order chi connectivity index (χ0) is 17.6. The number of hydrogen-bond acceptors (Lipinski definition) is 4. The number of carbonyl (C=O) groups is 1. The van der Waals surface area contributed by atoms with Gasteiger partial charge in [0.05, 0.1) is 0 Å². The lowest BCUT2D eigenvalue weighted by Crippen LogP contribution is -2.23. The van der Waals surface area contributed by atoms with Gasteiger partial charge in [0.1, 0.15) is 23.2 Å². The summed E-state index contributed by atoms with van der Waals surface area (Å²) in [4.78, 5) is 16.5. The Bertz CT molecular complexity index is 862. The van der Waals surface area contributed by atoms with Crippen LogP contribution in [0.5, 0.6) is 5.75 Å². The van der Waals surface area contributed by atoms with Gasteiger partial charge in [0, 0.05) is 28.7 Å². The Balaban J connectivity index is 1.54. The molecule has 0 saturated carbocycles. The van der Waals surface area contributed by atoms with Crippen LogP contribution in [-0.4, -0.2) is 10.9 Å². The first-order chi connectivity index (χ1) is 12.1. The van der Waals surface area contributed by atoms with E-state index in [0.717, 1.165) is 10.7 Å². The summed E-state index contributed by atoms with van der Waals surface area (Å²) in [5.74, 6) is 0.0767. The average molecular weight is 356 g/mol. The quantitative estimate of drug-likeness (QED) is 0.723. The maximum absolute atomic E-state index is 13.5. The smallest absolute Gasteiger partial charge is 0.251 e. The molecule has 128 valence electrons. The summed E-state index contributed by atoms with van der Waals surface area (Å²) >= 11 is 1.55. The molecule has 0 saturated heterocycles. The van der Waals surface area contributed by atoms with Crippen LogP contribution in [0.1, 0.15) is 26.6 Å². The van der Waals surface area contributed by atoms with E-state index in [-0.39, 0.29) is 18.3 Å². The molecule has 0 aliphatic carbocycles. The maximum atomic E-state index is 13.5. The van der Waals surface area contributed by atoms with Crippen molar-refractivity contribution in [3.8, 4) is 5.75 Å². The number of carbonyl (C=O) groups excluding carboxylic acids is 1. The lowest BCUT2D eigenvalue weighted by Gasteiger charge is -2.08. The van der Waals surface area contributed by atoms with Crippen molar-refractivity contribution >= 4 is 17.2 Å². The third-order valence-electron chi connectivity index (χ3n) is 3.54. The second kappa shape index (κ2) is 7.90. The fourth-order valence-corrected chi connectivity index (χ4v) is 2.92. The topological polar surface area (TPSA) is 51.2 Å². The second-order valence-corrected chi connectivity index (χ2v) is 6.41. The van der Waals surface area contributed by atoms with Crippen molar-refractivity contribution in [3.63, 3.8) is 0 Å². The van der Waals surface area contributed by atoms with Gasteiger partial charge in [0.2, 0.25) is 0 Å². The lowest BCUT2D eigenvalue weighted by atomic mass is 10.2. The van der Waals surface area contributed by atoms with Crippen LogP contribution in [0.15, 0.2) is 53.9 Å². The zero-order valence-electron chi connectivity index (χ0n) is 13.7. The average Bonchev–Trinajstić information content (AvgIpc) is 3.05. The van der Waals surface area contributed by atoms with E-state index >= 15 is 0 Å². The maximum Gasteiger partial charge on any atom is 0.251 e. The Morgan fingerprint density at radius 3 is 2.64 bits per heavy atom. The van der Waals surface area contributed by atoms with Crippen LogP contribution in [0.25, 0.3) is 0 Å². The van der Waals surface area contributed by atoms with Gasteiger partial charge in [-0.15, -0.1) is 11.3 Å². The summed E-state index contributed by atoms with van der Waals surface area (Å²) in [6.45, 7) is 2.49. The molecule has 1 aromatic heterocycles. The Hall–Kier alpha value is -2.73. The number of aromatic nitrogens is 1. The van der Waals surface area contributed by atoms with Gasteiger partial charge in [-0.2, -0.15) is 0 Å². The highest BCUT2D eigenvalue weighted by molar-refractivity contribution is 7.09. The minimum absolute atomic E-state index is 0.146. The summed E-state index contributed by atoms with van der Waals surface area (Å²) < 4.78 is 19.2. The van der Waals surface area contributed by atoms with Crippen molar-refractivity contribution in [2.75, 3.05) is 0 Å². The largest absolute Gasteiger partial charge is 0.486 e. The van der Waals surface area contributed by atoms with Crippen molar-refractivity contribution in [1.82, 2.24) is 10.3 Å². The van der Waals surface area contributed by atoms with E-state index in [2.05, 4.69) is 10.3 Å². The molecule has 0 aliphatic heterocycles. The minimum Gasteiger partial charge on any atom is -0.486 e. The predicted octanol–water partition coefficient (Wildman–Crippen LogP) is 4.10. The van der Waals surface area contributed by atoms with Gasteiger partial charge in [0.15, 0.2) is 0 Å². The summed E-state index contributed by atoms with van der Waals surface area (Å²) in [5.41, 5.74) is 1.92. The summed E-state index contributed by atoms with van der Waals surface area (Å²) in [7, 11) is 0. The van der Waals surface area contributed by atoms with Crippen LogP contribution >= 0.6 is 11.3 Å². The molecule has 0 atom stereocenters. The minimum atomic E-state index is -0.330. The third-order valence-corrected chi connectivity index (χ3v) is 4.48. The molecule has 1 heterocycles. The molecule has 25 heavy (non-hydrogen) atoms. The standard InChI is InChI=1S/C19H17FN2O2S/c1-13-12-25-18(22-13)11-24-16-8-6-14(7-9-16)19(23)21-10-15-4-2-3-5-17(15)20/h2-9,12H,10-11H2,1H3,(H,21,23). The number of benzene rings is 2. The highest BCUT2D eigenvalue weighted by Crippen LogP contribution is 2.16. The van der Waals surface area contributed by atoms with Gasteiger partial charge >= 0.3 is 0 Å². The SMILES string of the molecule is Cc1csc(COc2ccc(C(=O)NCc3ccccc3F)cc2)n1. The number of nitrogens with one attached hydrogen (secondary N) is 1. The van der Waals surface area contributed by atoms with E-state index in [4.69, 9.17) is 4.74 Å². The molecular formula is C19H17FN2O2S. The molecule has 0 unspecified atom stereocenters. The monoisotopic (exact) mass is 356 g/mol. The van der Waals surface area contributed by atoms with E-state index in [0.29, 0.717) is 23.5 Å².